The highest BCUT2D eigenvalue weighted by molar-refractivity contribution is 6.35. The van der Waals surface area contributed by atoms with E-state index < -0.39 is 0 Å². The molecule has 5 rings (SSSR count). The van der Waals surface area contributed by atoms with Crippen molar-refractivity contribution < 1.29 is 9.59 Å². The molecule has 1 saturated heterocycles. The second kappa shape index (κ2) is 10.8. The van der Waals surface area contributed by atoms with Crippen molar-refractivity contribution in [1.29, 1.82) is 0 Å². The van der Waals surface area contributed by atoms with Crippen molar-refractivity contribution in [3.8, 4) is 0 Å². The topological polar surface area (TPSA) is 81.3 Å². The standard InChI is InChI=1S/C28H28ClN5O2/c29-25-18-31-26-16-21(6-7-24(25)26)28(36)34(23-4-2-1-3-5-23)19-27(35)32-17-20-10-14-33(15-11-20)22-8-12-30-13-9-22/h1-9,12-13,16,18,20,31H,10-11,14-15,17,19H2,(H,32,35). The monoisotopic (exact) mass is 501 g/mol. The first-order chi connectivity index (χ1) is 17.6. The van der Waals surface area contributed by atoms with Gasteiger partial charge in [-0.05, 0) is 55.2 Å². The number of para-hydroxylation sites is 1. The lowest BCUT2D eigenvalue weighted by atomic mass is 9.96. The largest absolute Gasteiger partial charge is 0.371 e. The molecule has 1 aliphatic rings. The molecule has 4 aromatic rings. The molecule has 7 nitrogen and oxygen atoms in total. The van der Waals surface area contributed by atoms with Gasteiger partial charge in [-0.15, -0.1) is 0 Å². The molecule has 3 heterocycles. The lowest BCUT2D eigenvalue weighted by Gasteiger charge is -2.33. The summed E-state index contributed by atoms with van der Waals surface area (Å²) in [5.41, 5.74) is 3.12. The van der Waals surface area contributed by atoms with E-state index in [1.807, 2.05) is 60.9 Å². The summed E-state index contributed by atoms with van der Waals surface area (Å²) < 4.78 is 0. The number of H-pyrrole nitrogens is 1. The second-order valence-corrected chi connectivity index (χ2v) is 9.47. The Bertz CT molecular complexity index is 1330. The van der Waals surface area contributed by atoms with E-state index in [4.69, 9.17) is 11.6 Å². The van der Waals surface area contributed by atoms with Crippen molar-refractivity contribution in [1.82, 2.24) is 15.3 Å². The number of fused-ring (bicyclic) bond motifs is 1. The summed E-state index contributed by atoms with van der Waals surface area (Å²) in [5, 5.41) is 4.52. The highest BCUT2D eigenvalue weighted by Crippen LogP contribution is 2.26. The predicted molar refractivity (Wildman–Crippen MR) is 144 cm³/mol. The maximum Gasteiger partial charge on any atom is 0.258 e. The van der Waals surface area contributed by atoms with Crippen LogP contribution in [0, 0.1) is 5.92 Å². The summed E-state index contributed by atoms with van der Waals surface area (Å²) in [6.07, 6.45) is 7.33. The lowest BCUT2D eigenvalue weighted by molar-refractivity contribution is -0.119. The Hall–Kier alpha value is -3.84. The molecular formula is C28H28ClN5O2. The number of rotatable bonds is 7. The number of aromatic nitrogens is 2. The van der Waals surface area contributed by atoms with Crippen molar-refractivity contribution in [2.24, 2.45) is 5.92 Å². The normalized spacial score (nSPS) is 14.1. The fourth-order valence-corrected chi connectivity index (χ4v) is 4.90. The number of halogens is 1. The third kappa shape index (κ3) is 5.36. The van der Waals surface area contributed by atoms with Crippen LogP contribution in [0.25, 0.3) is 10.9 Å². The number of aromatic amines is 1. The maximum absolute atomic E-state index is 13.5. The minimum atomic E-state index is -0.241. The number of hydrogen-bond acceptors (Lipinski definition) is 4. The number of hydrogen-bond donors (Lipinski definition) is 2. The van der Waals surface area contributed by atoms with Gasteiger partial charge in [-0.3, -0.25) is 19.5 Å². The summed E-state index contributed by atoms with van der Waals surface area (Å²) in [6, 6.07) is 18.7. The molecule has 8 heteroatoms. The summed E-state index contributed by atoms with van der Waals surface area (Å²) >= 11 is 6.19. The Morgan fingerprint density at radius 1 is 1.06 bits per heavy atom. The first-order valence-electron chi connectivity index (χ1n) is 12.1. The van der Waals surface area contributed by atoms with Crippen LogP contribution < -0.4 is 15.1 Å². The Balaban J connectivity index is 1.22. The first kappa shape index (κ1) is 23.9. The van der Waals surface area contributed by atoms with Gasteiger partial charge in [0, 0.05) is 66.1 Å². The van der Waals surface area contributed by atoms with E-state index in [1.54, 1.807) is 18.3 Å². The third-order valence-electron chi connectivity index (χ3n) is 6.72. The van der Waals surface area contributed by atoms with Crippen molar-refractivity contribution in [3.63, 3.8) is 0 Å². The molecule has 2 N–H and O–H groups in total. The van der Waals surface area contributed by atoms with E-state index in [-0.39, 0.29) is 18.4 Å². The molecule has 0 bridgehead atoms. The van der Waals surface area contributed by atoms with Crippen LogP contribution in [0.4, 0.5) is 11.4 Å². The van der Waals surface area contributed by atoms with Gasteiger partial charge >= 0.3 is 0 Å². The van der Waals surface area contributed by atoms with Gasteiger partial charge in [0.15, 0.2) is 0 Å². The molecular weight excluding hydrogens is 474 g/mol. The van der Waals surface area contributed by atoms with Crippen LogP contribution in [0.5, 0.6) is 0 Å². The molecule has 0 aliphatic carbocycles. The van der Waals surface area contributed by atoms with Gasteiger partial charge < -0.3 is 15.2 Å². The van der Waals surface area contributed by atoms with Gasteiger partial charge in [0.05, 0.1) is 5.02 Å². The number of pyridine rings is 1. The SMILES string of the molecule is O=C(CN(C(=O)c1ccc2c(Cl)c[nH]c2c1)c1ccccc1)NCC1CCN(c2ccncc2)CC1. The Kier molecular flexibility index (Phi) is 7.18. The Morgan fingerprint density at radius 2 is 1.81 bits per heavy atom. The molecule has 0 saturated carbocycles. The maximum atomic E-state index is 13.5. The van der Waals surface area contributed by atoms with Crippen LogP contribution >= 0.6 is 11.6 Å². The molecule has 0 unspecified atom stereocenters. The van der Waals surface area contributed by atoms with Gasteiger partial charge in [-0.25, -0.2) is 0 Å². The smallest absolute Gasteiger partial charge is 0.258 e. The fourth-order valence-electron chi connectivity index (χ4n) is 4.68. The van der Waals surface area contributed by atoms with Crippen molar-refractivity contribution in [2.45, 2.75) is 12.8 Å². The molecule has 1 fully saturated rings. The Morgan fingerprint density at radius 3 is 2.56 bits per heavy atom. The fraction of sp³-hybridized carbons (Fsp3) is 0.250. The summed E-state index contributed by atoms with van der Waals surface area (Å²) in [7, 11) is 0. The number of carbonyl (C=O) groups is 2. The number of piperidine rings is 1. The molecule has 1 aliphatic heterocycles. The van der Waals surface area contributed by atoms with Gasteiger partial charge in [-0.1, -0.05) is 35.9 Å². The lowest BCUT2D eigenvalue weighted by Crippen LogP contribution is -2.44. The number of anilines is 2. The molecule has 0 radical (unpaired) electrons. The molecule has 0 spiro atoms. The molecule has 184 valence electrons. The zero-order valence-electron chi connectivity index (χ0n) is 19.9. The van der Waals surface area contributed by atoms with Crippen LogP contribution in [-0.2, 0) is 4.79 Å². The number of nitrogens with zero attached hydrogens (tertiary/aromatic N) is 3. The van der Waals surface area contributed by atoms with E-state index in [0.717, 1.165) is 36.8 Å². The zero-order valence-corrected chi connectivity index (χ0v) is 20.6. The van der Waals surface area contributed by atoms with Gasteiger partial charge in [0.25, 0.3) is 5.91 Å². The second-order valence-electron chi connectivity index (χ2n) is 9.06. The summed E-state index contributed by atoms with van der Waals surface area (Å²) in [5.74, 6) is -0.00431. The van der Waals surface area contributed by atoms with Gasteiger partial charge in [0.2, 0.25) is 5.91 Å². The highest BCUT2D eigenvalue weighted by Gasteiger charge is 2.23. The number of benzene rings is 2. The molecule has 2 aromatic carbocycles. The first-order valence-corrected chi connectivity index (χ1v) is 12.5. The third-order valence-corrected chi connectivity index (χ3v) is 7.04. The molecule has 2 aromatic heterocycles. The van der Waals surface area contributed by atoms with Crippen LogP contribution in [0.1, 0.15) is 23.2 Å². The number of carbonyl (C=O) groups excluding carboxylic acids is 2. The van der Waals surface area contributed by atoms with E-state index in [0.29, 0.717) is 28.7 Å². The predicted octanol–water partition coefficient (Wildman–Crippen LogP) is 4.90. The minimum absolute atomic E-state index is 0.0533. The molecule has 0 atom stereocenters. The number of nitrogens with one attached hydrogen (secondary N) is 2. The van der Waals surface area contributed by atoms with Crippen LogP contribution in [0.2, 0.25) is 5.02 Å². The van der Waals surface area contributed by atoms with E-state index >= 15 is 0 Å². The summed E-state index contributed by atoms with van der Waals surface area (Å²) in [4.78, 5) is 37.5. The Labute approximate surface area is 215 Å². The number of amides is 2. The summed E-state index contributed by atoms with van der Waals surface area (Å²) in [6.45, 7) is 2.45. The molecule has 36 heavy (non-hydrogen) atoms. The highest BCUT2D eigenvalue weighted by atomic mass is 35.5. The van der Waals surface area contributed by atoms with E-state index in [9.17, 15) is 9.59 Å². The van der Waals surface area contributed by atoms with Crippen LogP contribution in [0.15, 0.2) is 79.3 Å². The molecule has 2 amide bonds. The average molecular weight is 502 g/mol. The van der Waals surface area contributed by atoms with Crippen molar-refractivity contribution >= 4 is 45.7 Å². The van der Waals surface area contributed by atoms with Crippen molar-refractivity contribution in [2.75, 3.05) is 36.0 Å². The van der Waals surface area contributed by atoms with E-state index in [1.165, 1.54) is 10.6 Å². The average Bonchev–Trinajstić information content (AvgIpc) is 3.31. The van der Waals surface area contributed by atoms with Crippen LogP contribution in [-0.4, -0.2) is 48.0 Å². The van der Waals surface area contributed by atoms with Crippen LogP contribution in [0.3, 0.4) is 0 Å². The van der Waals surface area contributed by atoms with E-state index in [2.05, 4.69) is 20.2 Å². The van der Waals surface area contributed by atoms with Gasteiger partial charge in [-0.2, -0.15) is 0 Å². The quantitative estimate of drug-likeness (QED) is 0.377. The van der Waals surface area contributed by atoms with Gasteiger partial charge in [0.1, 0.15) is 6.54 Å². The minimum Gasteiger partial charge on any atom is -0.371 e. The zero-order chi connectivity index (χ0) is 24.9. The van der Waals surface area contributed by atoms with Crippen molar-refractivity contribution in [3.05, 3.63) is 89.8 Å².